The van der Waals surface area contributed by atoms with Crippen LogP contribution in [0.3, 0.4) is 0 Å². The molecule has 0 radical (unpaired) electrons. The highest BCUT2D eigenvalue weighted by Gasteiger charge is 2.20. The van der Waals surface area contributed by atoms with Crippen LogP contribution in [0.15, 0.2) is 59.2 Å². The summed E-state index contributed by atoms with van der Waals surface area (Å²) < 4.78 is 5.57. The number of amides is 1. The van der Waals surface area contributed by atoms with Gasteiger partial charge in [-0.1, -0.05) is 59.7 Å². The standard InChI is InChI=1S/C25H30N4O2/c1-19-6-8-21(9-7-19)16-28-10-12-29(13-11-28)17-24-27-23(18-31-24)25(30)26-15-22-5-3-4-20(2)14-22/h3-9,14,18H,10-13,15-17H2,1-2H3,(H,26,30). The minimum atomic E-state index is -0.209. The number of oxazole rings is 1. The first-order chi connectivity index (χ1) is 15.0. The lowest BCUT2D eigenvalue weighted by molar-refractivity contribution is 0.0945. The van der Waals surface area contributed by atoms with Crippen LogP contribution in [0.1, 0.15) is 38.6 Å². The average Bonchev–Trinajstić information content (AvgIpc) is 3.24. The number of benzene rings is 2. The van der Waals surface area contributed by atoms with E-state index in [0.29, 0.717) is 24.7 Å². The molecular formula is C25H30N4O2. The van der Waals surface area contributed by atoms with Gasteiger partial charge in [0.25, 0.3) is 5.91 Å². The van der Waals surface area contributed by atoms with E-state index < -0.39 is 0 Å². The molecule has 1 aliphatic rings. The minimum absolute atomic E-state index is 0.209. The molecule has 1 N–H and O–H groups in total. The maximum Gasteiger partial charge on any atom is 0.273 e. The first kappa shape index (κ1) is 21.3. The molecule has 31 heavy (non-hydrogen) atoms. The Bertz CT molecular complexity index is 1000. The molecule has 1 aromatic heterocycles. The zero-order valence-electron chi connectivity index (χ0n) is 18.3. The van der Waals surface area contributed by atoms with E-state index in [2.05, 4.69) is 57.4 Å². The molecule has 1 fully saturated rings. The largest absolute Gasteiger partial charge is 0.447 e. The number of rotatable bonds is 7. The van der Waals surface area contributed by atoms with Gasteiger partial charge in [0.1, 0.15) is 6.26 Å². The van der Waals surface area contributed by atoms with Gasteiger partial charge in [0.15, 0.2) is 5.69 Å². The van der Waals surface area contributed by atoms with Crippen molar-refractivity contribution in [2.75, 3.05) is 26.2 Å². The molecule has 2 heterocycles. The zero-order valence-corrected chi connectivity index (χ0v) is 18.3. The zero-order chi connectivity index (χ0) is 21.6. The third kappa shape index (κ3) is 6.03. The molecule has 4 rings (SSSR count). The molecule has 1 amide bonds. The number of carbonyl (C=O) groups is 1. The van der Waals surface area contributed by atoms with Gasteiger partial charge in [0, 0.05) is 39.3 Å². The van der Waals surface area contributed by atoms with E-state index in [1.54, 1.807) is 0 Å². The summed E-state index contributed by atoms with van der Waals surface area (Å²) in [6, 6.07) is 16.8. The lowest BCUT2D eigenvalue weighted by atomic mass is 10.1. The van der Waals surface area contributed by atoms with Crippen LogP contribution in [-0.4, -0.2) is 46.9 Å². The summed E-state index contributed by atoms with van der Waals surface area (Å²) in [7, 11) is 0. The maximum atomic E-state index is 12.4. The van der Waals surface area contributed by atoms with Gasteiger partial charge in [-0.3, -0.25) is 14.6 Å². The van der Waals surface area contributed by atoms with E-state index in [0.717, 1.165) is 38.3 Å². The van der Waals surface area contributed by atoms with Crippen molar-refractivity contribution in [3.8, 4) is 0 Å². The molecule has 0 spiro atoms. The highest BCUT2D eigenvalue weighted by molar-refractivity contribution is 5.91. The second-order valence-corrected chi connectivity index (χ2v) is 8.34. The van der Waals surface area contributed by atoms with Crippen molar-refractivity contribution in [2.24, 2.45) is 0 Å². The number of hydrogen-bond acceptors (Lipinski definition) is 5. The van der Waals surface area contributed by atoms with Crippen molar-refractivity contribution >= 4 is 5.91 Å². The number of piperazine rings is 1. The molecule has 3 aromatic rings. The lowest BCUT2D eigenvalue weighted by Gasteiger charge is -2.34. The predicted octanol–water partition coefficient (Wildman–Crippen LogP) is 3.54. The van der Waals surface area contributed by atoms with Crippen molar-refractivity contribution in [2.45, 2.75) is 33.5 Å². The van der Waals surface area contributed by atoms with Crippen molar-refractivity contribution in [1.82, 2.24) is 20.1 Å². The summed E-state index contributed by atoms with van der Waals surface area (Å²) in [6.45, 7) is 10.2. The van der Waals surface area contributed by atoms with Crippen molar-refractivity contribution in [3.63, 3.8) is 0 Å². The number of nitrogens with one attached hydrogen (secondary N) is 1. The van der Waals surface area contributed by atoms with E-state index in [1.165, 1.54) is 23.0 Å². The lowest BCUT2D eigenvalue weighted by Crippen LogP contribution is -2.45. The Morgan fingerprint density at radius 2 is 1.65 bits per heavy atom. The third-order valence-electron chi connectivity index (χ3n) is 5.67. The first-order valence-electron chi connectivity index (χ1n) is 10.8. The molecular weight excluding hydrogens is 388 g/mol. The van der Waals surface area contributed by atoms with Gasteiger partial charge in [-0.25, -0.2) is 4.98 Å². The summed E-state index contributed by atoms with van der Waals surface area (Å²) in [5.74, 6) is 0.382. The monoisotopic (exact) mass is 418 g/mol. The summed E-state index contributed by atoms with van der Waals surface area (Å²) >= 11 is 0. The number of aromatic nitrogens is 1. The summed E-state index contributed by atoms with van der Waals surface area (Å²) in [6.07, 6.45) is 1.45. The van der Waals surface area contributed by atoms with Crippen LogP contribution >= 0.6 is 0 Å². The molecule has 0 atom stereocenters. The highest BCUT2D eigenvalue weighted by atomic mass is 16.3. The molecule has 0 saturated carbocycles. The summed E-state index contributed by atoms with van der Waals surface area (Å²) in [4.78, 5) is 21.6. The van der Waals surface area contributed by atoms with E-state index in [1.807, 2.05) is 25.1 Å². The fourth-order valence-electron chi connectivity index (χ4n) is 3.83. The molecule has 0 unspecified atom stereocenters. The molecule has 0 aliphatic carbocycles. The topological polar surface area (TPSA) is 61.6 Å². The second kappa shape index (κ2) is 9.90. The van der Waals surface area contributed by atoms with Crippen LogP contribution in [0, 0.1) is 13.8 Å². The first-order valence-corrected chi connectivity index (χ1v) is 10.8. The predicted molar refractivity (Wildman–Crippen MR) is 121 cm³/mol. The van der Waals surface area contributed by atoms with Crippen molar-refractivity contribution in [1.29, 1.82) is 0 Å². The molecule has 6 nitrogen and oxygen atoms in total. The van der Waals surface area contributed by atoms with Gasteiger partial charge in [-0.2, -0.15) is 0 Å². The molecule has 2 aromatic carbocycles. The Labute approximate surface area is 183 Å². The second-order valence-electron chi connectivity index (χ2n) is 8.34. The van der Waals surface area contributed by atoms with Crippen molar-refractivity contribution in [3.05, 3.63) is 88.6 Å². The van der Waals surface area contributed by atoms with Crippen LogP contribution in [0.5, 0.6) is 0 Å². The molecule has 1 aliphatic heterocycles. The molecule has 1 saturated heterocycles. The smallest absolute Gasteiger partial charge is 0.273 e. The highest BCUT2D eigenvalue weighted by Crippen LogP contribution is 2.13. The fourth-order valence-corrected chi connectivity index (χ4v) is 3.83. The quantitative estimate of drug-likeness (QED) is 0.636. The maximum absolute atomic E-state index is 12.4. The van der Waals surface area contributed by atoms with Gasteiger partial charge >= 0.3 is 0 Å². The molecule has 0 bridgehead atoms. The van der Waals surface area contributed by atoms with Gasteiger partial charge < -0.3 is 9.73 Å². The number of nitrogens with zero attached hydrogens (tertiary/aromatic N) is 3. The number of carbonyl (C=O) groups excluding carboxylic acids is 1. The van der Waals surface area contributed by atoms with Crippen molar-refractivity contribution < 1.29 is 9.21 Å². The SMILES string of the molecule is Cc1ccc(CN2CCN(Cc3nc(C(=O)NCc4cccc(C)c4)co3)CC2)cc1. The van der Waals surface area contributed by atoms with E-state index in [-0.39, 0.29) is 5.91 Å². The Hall–Kier alpha value is -2.96. The molecule has 6 heteroatoms. The van der Waals surface area contributed by atoms with E-state index in [4.69, 9.17) is 4.42 Å². The molecule has 162 valence electrons. The minimum Gasteiger partial charge on any atom is -0.447 e. The number of aryl methyl sites for hydroxylation is 2. The van der Waals surface area contributed by atoms with Gasteiger partial charge in [-0.05, 0) is 25.0 Å². The Balaban J connectivity index is 1.22. The van der Waals surface area contributed by atoms with Gasteiger partial charge in [0.2, 0.25) is 5.89 Å². The normalized spacial score (nSPS) is 15.2. The number of hydrogen-bond donors (Lipinski definition) is 1. The van der Waals surface area contributed by atoms with Crippen LogP contribution in [-0.2, 0) is 19.6 Å². The van der Waals surface area contributed by atoms with Crippen LogP contribution in [0.4, 0.5) is 0 Å². The Morgan fingerprint density at radius 1 is 0.935 bits per heavy atom. The average molecular weight is 419 g/mol. The van der Waals surface area contributed by atoms with Gasteiger partial charge in [-0.15, -0.1) is 0 Å². The van der Waals surface area contributed by atoms with E-state index in [9.17, 15) is 4.79 Å². The Kier molecular flexibility index (Phi) is 6.79. The Morgan fingerprint density at radius 3 is 2.35 bits per heavy atom. The summed E-state index contributed by atoms with van der Waals surface area (Å²) in [5.41, 5.74) is 5.23. The van der Waals surface area contributed by atoms with Crippen LogP contribution < -0.4 is 5.32 Å². The van der Waals surface area contributed by atoms with E-state index >= 15 is 0 Å². The summed E-state index contributed by atoms with van der Waals surface area (Å²) in [5, 5.41) is 2.91. The fraction of sp³-hybridized carbons (Fsp3) is 0.360. The third-order valence-corrected chi connectivity index (χ3v) is 5.67. The van der Waals surface area contributed by atoms with Crippen LogP contribution in [0.2, 0.25) is 0 Å². The van der Waals surface area contributed by atoms with Gasteiger partial charge in [0.05, 0.1) is 6.54 Å². The van der Waals surface area contributed by atoms with Crippen LogP contribution in [0.25, 0.3) is 0 Å².